The van der Waals surface area contributed by atoms with Crippen LogP contribution in [0, 0.1) is 0 Å². The van der Waals surface area contributed by atoms with Crippen LogP contribution in [0.4, 0.5) is 13.2 Å². The van der Waals surface area contributed by atoms with Crippen molar-refractivity contribution in [2.24, 2.45) is 0 Å². The second-order valence-corrected chi connectivity index (χ2v) is 3.11. The van der Waals surface area contributed by atoms with Gasteiger partial charge in [-0.15, -0.1) is 0 Å². The Balaban J connectivity index is 2.40. The summed E-state index contributed by atoms with van der Waals surface area (Å²) >= 11 is 0. The van der Waals surface area contributed by atoms with Crippen molar-refractivity contribution >= 4 is 0 Å². The van der Waals surface area contributed by atoms with Crippen LogP contribution >= 0.6 is 0 Å². The lowest BCUT2D eigenvalue weighted by molar-refractivity contribution is -0.118. The van der Waals surface area contributed by atoms with Gasteiger partial charge in [-0.3, -0.25) is 0 Å². The maximum absolute atomic E-state index is 12.3. The van der Waals surface area contributed by atoms with Gasteiger partial charge in [-0.2, -0.15) is 13.2 Å². The van der Waals surface area contributed by atoms with Crippen molar-refractivity contribution in [2.45, 2.75) is 12.3 Å². The van der Waals surface area contributed by atoms with E-state index in [0.29, 0.717) is 11.6 Å². The first kappa shape index (κ1) is 10.0. The molecule has 15 heavy (non-hydrogen) atoms. The van der Waals surface area contributed by atoms with Crippen LogP contribution < -0.4 is 4.74 Å². The van der Waals surface area contributed by atoms with Crippen molar-refractivity contribution < 1.29 is 23.0 Å². The van der Waals surface area contributed by atoms with Crippen molar-refractivity contribution in [1.82, 2.24) is 0 Å². The molecule has 1 unspecified atom stereocenters. The third-order valence-corrected chi connectivity index (χ3v) is 2.05. The Morgan fingerprint density at radius 3 is 2.53 bits per heavy atom. The first-order valence-corrected chi connectivity index (χ1v) is 4.22. The second kappa shape index (κ2) is 3.27. The Morgan fingerprint density at radius 2 is 1.87 bits per heavy atom. The molecular formula is C10H7F3O2. The molecule has 0 fully saturated rings. The fraction of sp³-hybridized carbons (Fsp3) is 0.200. The summed E-state index contributed by atoms with van der Waals surface area (Å²) in [6.45, 7) is 0. The lowest BCUT2D eigenvalue weighted by atomic mass is 10.1. The number of hydrogen-bond acceptors (Lipinski definition) is 2. The van der Waals surface area contributed by atoms with E-state index in [0.717, 1.165) is 0 Å². The highest BCUT2D eigenvalue weighted by Gasteiger charge is 2.39. The lowest BCUT2D eigenvalue weighted by Gasteiger charge is -2.22. The maximum atomic E-state index is 12.3. The molecule has 0 spiro atoms. The molecule has 0 saturated heterocycles. The third-order valence-electron chi connectivity index (χ3n) is 2.05. The van der Waals surface area contributed by atoms with Gasteiger partial charge in [0.05, 0.1) is 0 Å². The third kappa shape index (κ3) is 1.83. The predicted molar refractivity (Wildman–Crippen MR) is 46.2 cm³/mol. The average molecular weight is 216 g/mol. The van der Waals surface area contributed by atoms with Crippen LogP contribution in [0.5, 0.6) is 5.75 Å². The van der Waals surface area contributed by atoms with Crippen LogP contribution in [0.15, 0.2) is 36.1 Å². The smallest absolute Gasteiger partial charge is 0.449 e. The Labute approximate surface area is 83.6 Å². The Morgan fingerprint density at radius 1 is 1.20 bits per heavy atom. The molecule has 1 atom stereocenters. The number of aliphatic hydroxyl groups is 1. The summed E-state index contributed by atoms with van der Waals surface area (Å²) in [7, 11) is 0. The molecule has 0 aromatic heterocycles. The molecule has 0 aliphatic carbocycles. The normalized spacial score (nSPS) is 20.3. The van der Waals surface area contributed by atoms with Crippen molar-refractivity contribution in [3.63, 3.8) is 0 Å². The molecular weight excluding hydrogens is 209 g/mol. The number of ether oxygens (including phenoxy) is 1. The highest BCUT2D eigenvalue weighted by molar-refractivity contribution is 5.41. The topological polar surface area (TPSA) is 29.5 Å². The molecule has 1 heterocycles. The molecule has 1 aliphatic rings. The highest BCUT2D eigenvalue weighted by atomic mass is 19.4. The van der Waals surface area contributed by atoms with Crippen LogP contribution in [0.25, 0.3) is 0 Å². The number of rotatable bonds is 0. The van der Waals surface area contributed by atoms with E-state index >= 15 is 0 Å². The van der Waals surface area contributed by atoms with Crippen molar-refractivity contribution in [2.75, 3.05) is 0 Å². The van der Waals surface area contributed by atoms with Crippen molar-refractivity contribution in [3.05, 3.63) is 41.7 Å². The molecule has 80 valence electrons. The largest absolute Gasteiger partial charge is 0.452 e. The molecule has 1 aliphatic heterocycles. The Kier molecular flexibility index (Phi) is 2.19. The van der Waals surface area contributed by atoms with Crippen LogP contribution in [0.3, 0.4) is 0 Å². The van der Waals surface area contributed by atoms with Crippen LogP contribution in [-0.4, -0.2) is 11.3 Å². The van der Waals surface area contributed by atoms with Crippen LogP contribution in [0.2, 0.25) is 0 Å². The highest BCUT2D eigenvalue weighted by Crippen LogP contribution is 2.38. The number of fused-ring (bicyclic) bond motifs is 1. The van der Waals surface area contributed by atoms with Gasteiger partial charge in [-0.25, -0.2) is 0 Å². The zero-order valence-electron chi connectivity index (χ0n) is 7.45. The number of alkyl halides is 3. The fourth-order valence-electron chi connectivity index (χ4n) is 1.36. The minimum atomic E-state index is -4.57. The Hall–Kier alpha value is -1.49. The van der Waals surface area contributed by atoms with E-state index < -0.39 is 18.0 Å². The van der Waals surface area contributed by atoms with Gasteiger partial charge in [0.2, 0.25) is 5.76 Å². The van der Waals surface area contributed by atoms with Crippen LogP contribution in [0.1, 0.15) is 11.7 Å². The molecule has 2 rings (SSSR count). The molecule has 0 saturated carbocycles. The van der Waals surface area contributed by atoms with E-state index in [9.17, 15) is 18.3 Å². The van der Waals surface area contributed by atoms with Gasteiger partial charge in [-0.1, -0.05) is 18.2 Å². The number of hydrogen-bond donors (Lipinski definition) is 1. The Bertz CT molecular complexity index is 409. The van der Waals surface area contributed by atoms with E-state index in [1.54, 1.807) is 12.1 Å². The van der Waals surface area contributed by atoms with Gasteiger partial charge < -0.3 is 9.84 Å². The van der Waals surface area contributed by atoms with E-state index in [-0.39, 0.29) is 5.75 Å². The standard InChI is InChI=1S/C10H7F3O2/c11-10(12,13)9-5-7(14)6-3-1-2-4-8(6)15-9/h1-5,7,14H. The molecule has 0 amide bonds. The van der Waals surface area contributed by atoms with E-state index in [2.05, 4.69) is 4.74 Å². The summed E-state index contributed by atoms with van der Waals surface area (Å²) < 4.78 is 41.6. The molecule has 2 nitrogen and oxygen atoms in total. The summed E-state index contributed by atoms with van der Waals surface area (Å²) in [5.41, 5.74) is 0.338. The summed E-state index contributed by atoms with van der Waals surface area (Å²) in [5.74, 6) is -1.13. The van der Waals surface area contributed by atoms with E-state index in [1.807, 2.05) is 0 Å². The van der Waals surface area contributed by atoms with E-state index in [4.69, 9.17) is 0 Å². The molecule has 0 bridgehead atoms. The molecule has 0 radical (unpaired) electrons. The van der Waals surface area contributed by atoms with Gasteiger partial charge in [0.15, 0.2) is 0 Å². The first-order valence-electron chi connectivity index (χ1n) is 4.22. The predicted octanol–water partition coefficient (Wildman–Crippen LogP) is 2.56. The van der Waals surface area contributed by atoms with Gasteiger partial charge in [0, 0.05) is 5.56 Å². The summed E-state index contributed by atoms with van der Waals surface area (Å²) in [4.78, 5) is 0. The first-order chi connectivity index (χ1) is 6.98. The van der Waals surface area contributed by atoms with Crippen LogP contribution in [-0.2, 0) is 0 Å². The van der Waals surface area contributed by atoms with E-state index in [1.165, 1.54) is 12.1 Å². The summed E-state index contributed by atoms with van der Waals surface area (Å²) in [5, 5.41) is 9.44. The number of allylic oxidation sites excluding steroid dienone is 1. The minimum absolute atomic E-state index is 0.0415. The zero-order chi connectivity index (χ0) is 11.1. The summed E-state index contributed by atoms with van der Waals surface area (Å²) in [6.07, 6.45) is -5.19. The van der Waals surface area contributed by atoms with Gasteiger partial charge >= 0.3 is 6.18 Å². The fourth-order valence-corrected chi connectivity index (χ4v) is 1.36. The van der Waals surface area contributed by atoms with Gasteiger partial charge in [-0.05, 0) is 12.1 Å². The van der Waals surface area contributed by atoms with Crippen molar-refractivity contribution in [3.8, 4) is 5.75 Å². The van der Waals surface area contributed by atoms with Gasteiger partial charge in [0.1, 0.15) is 11.9 Å². The molecule has 1 aromatic carbocycles. The minimum Gasteiger partial charge on any atom is -0.452 e. The second-order valence-electron chi connectivity index (χ2n) is 3.11. The van der Waals surface area contributed by atoms with Crippen molar-refractivity contribution in [1.29, 1.82) is 0 Å². The molecule has 5 heteroatoms. The number of aliphatic hydroxyl groups excluding tert-OH is 1. The van der Waals surface area contributed by atoms with Gasteiger partial charge in [0.25, 0.3) is 0 Å². The molecule has 1 N–H and O–H groups in total. The average Bonchev–Trinajstić information content (AvgIpc) is 2.16. The summed E-state index contributed by atoms with van der Waals surface area (Å²) in [6, 6.07) is 6.07. The monoisotopic (exact) mass is 216 g/mol. The number of halogens is 3. The quantitative estimate of drug-likeness (QED) is 0.722. The zero-order valence-corrected chi connectivity index (χ0v) is 7.45. The molecule has 1 aromatic rings. The SMILES string of the molecule is OC1C=C(C(F)(F)F)Oc2ccccc21. The number of benzene rings is 1. The lowest BCUT2D eigenvalue weighted by Crippen LogP contribution is -2.21. The number of para-hydroxylation sites is 1. The maximum Gasteiger partial charge on any atom is 0.449 e.